The Labute approximate surface area is 137 Å². The number of allylic oxidation sites excluding steroid dienone is 1. The van der Waals surface area contributed by atoms with Crippen LogP contribution in [0.4, 0.5) is 5.82 Å². The fourth-order valence-corrected chi connectivity index (χ4v) is 3.59. The third-order valence-corrected chi connectivity index (χ3v) is 4.87. The van der Waals surface area contributed by atoms with E-state index in [1.807, 2.05) is 21.9 Å². The molecule has 1 aliphatic carbocycles. The molecule has 2 atom stereocenters. The summed E-state index contributed by atoms with van der Waals surface area (Å²) in [4.78, 5) is 14.7. The third-order valence-electron chi connectivity index (χ3n) is 4.87. The van der Waals surface area contributed by atoms with Crippen LogP contribution in [0.3, 0.4) is 0 Å². The van der Waals surface area contributed by atoms with Gasteiger partial charge in [-0.3, -0.25) is 9.48 Å². The van der Waals surface area contributed by atoms with Gasteiger partial charge in [-0.2, -0.15) is 5.10 Å². The molecule has 23 heavy (non-hydrogen) atoms. The van der Waals surface area contributed by atoms with Gasteiger partial charge in [0.25, 0.3) is 0 Å². The van der Waals surface area contributed by atoms with Crippen molar-refractivity contribution in [2.75, 3.05) is 19.4 Å². The summed E-state index contributed by atoms with van der Waals surface area (Å²) in [5, 5.41) is 4.23. The fraction of sp³-hybridized carbons (Fsp3) is 0.647. The molecule has 1 aromatic heterocycles. The van der Waals surface area contributed by atoms with Gasteiger partial charge in [0.15, 0.2) is 0 Å². The number of anilines is 1. The molecule has 1 aromatic rings. The Balaban J connectivity index is 1.70. The number of hydrogen-bond acceptors (Lipinski definition) is 4. The zero-order valence-corrected chi connectivity index (χ0v) is 13.8. The highest BCUT2D eigenvalue weighted by molar-refractivity contribution is 5.88. The fourth-order valence-electron chi connectivity index (χ4n) is 3.59. The molecular formula is C17H26N4O2. The van der Waals surface area contributed by atoms with Crippen molar-refractivity contribution in [3.63, 3.8) is 0 Å². The molecule has 0 radical (unpaired) electrons. The summed E-state index contributed by atoms with van der Waals surface area (Å²) in [5.74, 6) is 0.625. The molecule has 6 heteroatoms. The third kappa shape index (κ3) is 3.93. The van der Waals surface area contributed by atoms with E-state index in [-0.39, 0.29) is 18.1 Å². The smallest absolute Gasteiger partial charge is 0.246 e. The van der Waals surface area contributed by atoms with E-state index in [1.54, 1.807) is 13.2 Å². The van der Waals surface area contributed by atoms with Crippen LogP contribution in [0, 0.1) is 0 Å². The number of ether oxygens (including phenoxy) is 1. The number of rotatable bonds is 4. The van der Waals surface area contributed by atoms with Gasteiger partial charge < -0.3 is 15.4 Å². The SMILES string of the molecule is CO[C@@H]1C[C@@H](Cn2ccc(N)n2)N(C(=O)C=C2CCCCC2)C1. The second kappa shape index (κ2) is 7.17. The highest BCUT2D eigenvalue weighted by Gasteiger charge is 2.35. The first-order chi connectivity index (χ1) is 11.2. The molecule has 126 valence electrons. The molecule has 6 nitrogen and oxygen atoms in total. The summed E-state index contributed by atoms with van der Waals surface area (Å²) in [6, 6.07) is 1.88. The second-order valence-corrected chi connectivity index (χ2v) is 6.56. The summed E-state index contributed by atoms with van der Waals surface area (Å²) < 4.78 is 7.30. The Morgan fingerprint density at radius 2 is 2.22 bits per heavy atom. The molecule has 1 saturated carbocycles. The number of hydrogen-bond donors (Lipinski definition) is 1. The van der Waals surface area contributed by atoms with Crippen LogP contribution in [-0.4, -0.2) is 46.4 Å². The molecule has 2 aliphatic rings. The Bertz CT molecular complexity index is 573. The number of nitrogens with zero attached hydrogens (tertiary/aromatic N) is 3. The summed E-state index contributed by atoms with van der Waals surface area (Å²) >= 11 is 0. The summed E-state index contributed by atoms with van der Waals surface area (Å²) in [7, 11) is 1.71. The van der Waals surface area contributed by atoms with Crippen molar-refractivity contribution in [1.82, 2.24) is 14.7 Å². The van der Waals surface area contributed by atoms with Gasteiger partial charge in [0.1, 0.15) is 5.82 Å². The Hall–Kier alpha value is -1.82. The zero-order chi connectivity index (χ0) is 16.2. The average molecular weight is 318 g/mol. The van der Waals surface area contributed by atoms with E-state index in [2.05, 4.69) is 5.10 Å². The van der Waals surface area contributed by atoms with E-state index in [9.17, 15) is 4.79 Å². The van der Waals surface area contributed by atoms with Gasteiger partial charge in [0.2, 0.25) is 5.91 Å². The van der Waals surface area contributed by atoms with Crippen LogP contribution < -0.4 is 5.73 Å². The lowest BCUT2D eigenvalue weighted by atomic mass is 9.94. The molecule has 1 aliphatic heterocycles. The number of aromatic nitrogens is 2. The molecule has 2 heterocycles. The van der Waals surface area contributed by atoms with Crippen LogP contribution in [0.1, 0.15) is 38.5 Å². The summed E-state index contributed by atoms with van der Waals surface area (Å²) in [6.07, 6.45) is 10.5. The van der Waals surface area contributed by atoms with Crippen LogP contribution in [0.5, 0.6) is 0 Å². The minimum atomic E-state index is 0.0987. The summed E-state index contributed by atoms with van der Waals surface area (Å²) in [5.41, 5.74) is 6.97. The molecule has 2 N–H and O–H groups in total. The molecule has 0 unspecified atom stereocenters. The van der Waals surface area contributed by atoms with Crippen LogP contribution in [0.2, 0.25) is 0 Å². The monoisotopic (exact) mass is 318 g/mol. The first kappa shape index (κ1) is 16.1. The van der Waals surface area contributed by atoms with Crippen molar-refractivity contribution >= 4 is 11.7 Å². The lowest BCUT2D eigenvalue weighted by Gasteiger charge is -2.24. The number of nitrogens with two attached hydrogens (primary N) is 1. The maximum atomic E-state index is 12.7. The quantitative estimate of drug-likeness (QED) is 0.862. The predicted octanol–water partition coefficient (Wildman–Crippen LogP) is 1.97. The Morgan fingerprint density at radius 3 is 2.87 bits per heavy atom. The topological polar surface area (TPSA) is 73.4 Å². The summed E-state index contributed by atoms with van der Waals surface area (Å²) in [6.45, 7) is 1.31. The molecule has 1 saturated heterocycles. The van der Waals surface area contributed by atoms with Gasteiger partial charge in [0.05, 0.1) is 18.7 Å². The normalized spacial score (nSPS) is 24.9. The average Bonchev–Trinajstić information content (AvgIpc) is 3.15. The largest absolute Gasteiger partial charge is 0.382 e. The van der Waals surface area contributed by atoms with Crippen molar-refractivity contribution in [1.29, 1.82) is 0 Å². The lowest BCUT2D eigenvalue weighted by Crippen LogP contribution is -2.37. The van der Waals surface area contributed by atoms with Crippen molar-refractivity contribution < 1.29 is 9.53 Å². The molecule has 0 spiro atoms. The zero-order valence-electron chi connectivity index (χ0n) is 13.8. The van der Waals surface area contributed by atoms with Crippen LogP contribution in [0.15, 0.2) is 23.9 Å². The molecule has 0 aromatic carbocycles. The maximum absolute atomic E-state index is 12.7. The standard InChI is InChI=1S/C17H26N4O2/c1-23-15-10-14(11-20-8-7-16(18)19-20)21(12-15)17(22)9-13-5-3-2-4-6-13/h7-9,14-15H,2-6,10-12H2,1H3,(H2,18,19)/t14-,15+/m0/s1. The molecule has 1 amide bonds. The Morgan fingerprint density at radius 1 is 1.43 bits per heavy atom. The van der Waals surface area contributed by atoms with E-state index in [1.165, 1.54) is 24.8 Å². The minimum absolute atomic E-state index is 0.0987. The van der Waals surface area contributed by atoms with Gasteiger partial charge >= 0.3 is 0 Å². The maximum Gasteiger partial charge on any atom is 0.246 e. The van der Waals surface area contributed by atoms with Gasteiger partial charge in [-0.05, 0) is 38.2 Å². The van der Waals surface area contributed by atoms with Crippen LogP contribution in [-0.2, 0) is 16.1 Å². The van der Waals surface area contributed by atoms with E-state index >= 15 is 0 Å². The van der Waals surface area contributed by atoms with Gasteiger partial charge in [0, 0.05) is 25.9 Å². The molecule has 2 fully saturated rings. The van der Waals surface area contributed by atoms with Gasteiger partial charge in [-0.1, -0.05) is 12.0 Å². The van der Waals surface area contributed by atoms with E-state index in [0.29, 0.717) is 18.9 Å². The van der Waals surface area contributed by atoms with Crippen molar-refractivity contribution in [3.05, 3.63) is 23.9 Å². The first-order valence-corrected chi connectivity index (χ1v) is 8.47. The number of amides is 1. The Kier molecular flexibility index (Phi) is 5.00. The first-order valence-electron chi connectivity index (χ1n) is 8.47. The van der Waals surface area contributed by atoms with Gasteiger partial charge in [-0.15, -0.1) is 0 Å². The van der Waals surface area contributed by atoms with Crippen LogP contribution >= 0.6 is 0 Å². The van der Waals surface area contributed by atoms with E-state index in [4.69, 9.17) is 10.5 Å². The van der Waals surface area contributed by atoms with Gasteiger partial charge in [-0.25, -0.2) is 0 Å². The molecular weight excluding hydrogens is 292 g/mol. The number of carbonyl (C=O) groups is 1. The molecule has 0 bridgehead atoms. The minimum Gasteiger partial charge on any atom is -0.382 e. The van der Waals surface area contributed by atoms with Crippen molar-refractivity contribution in [2.45, 2.75) is 57.2 Å². The second-order valence-electron chi connectivity index (χ2n) is 6.56. The number of nitrogen functional groups attached to an aromatic ring is 1. The number of methoxy groups -OCH3 is 1. The van der Waals surface area contributed by atoms with E-state index in [0.717, 1.165) is 19.3 Å². The number of carbonyl (C=O) groups excluding carboxylic acids is 1. The highest BCUT2D eigenvalue weighted by Crippen LogP contribution is 2.26. The molecule has 3 rings (SSSR count). The van der Waals surface area contributed by atoms with Crippen molar-refractivity contribution in [3.8, 4) is 0 Å². The van der Waals surface area contributed by atoms with Crippen molar-refractivity contribution in [2.24, 2.45) is 0 Å². The highest BCUT2D eigenvalue weighted by atomic mass is 16.5. The lowest BCUT2D eigenvalue weighted by molar-refractivity contribution is -0.127. The van der Waals surface area contributed by atoms with Crippen LogP contribution in [0.25, 0.3) is 0 Å². The number of likely N-dealkylation sites (tertiary alicyclic amines) is 1. The van der Waals surface area contributed by atoms with E-state index < -0.39 is 0 Å². The predicted molar refractivity (Wildman–Crippen MR) is 88.7 cm³/mol.